The van der Waals surface area contributed by atoms with E-state index in [-0.39, 0.29) is 6.04 Å². The normalized spacial score (nSPS) is 22.8. The lowest BCUT2D eigenvalue weighted by atomic mass is 10.1. The van der Waals surface area contributed by atoms with Crippen molar-refractivity contribution in [1.82, 2.24) is 10.2 Å². The van der Waals surface area contributed by atoms with Gasteiger partial charge in [-0.1, -0.05) is 0 Å². The summed E-state index contributed by atoms with van der Waals surface area (Å²) in [6, 6.07) is 2.34. The fraction of sp³-hybridized carbons (Fsp3) is 0.692. The lowest BCUT2D eigenvalue weighted by Crippen LogP contribution is -2.34. The molecule has 2 heterocycles. The molecule has 1 aliphatic rings. The molecule has 0 aromatic carbocycles. The maximum absolute atomic E-state index is 12.3. The van der Waals surface area contributed by atoms with Gasteiger partial charge in [-0.15, -0.1) is 0 Å². The number of nitrogens with one attached hydrogen (secondary N) is 1. The van der Waals surface area contributed by atoms with Gasteiger partial charge in [-0.3, -0.25) is 4.90 Å². The van der Waals surface area contributed by atoms with Crippen LogP contribution in [0, 0.1) is 5.92 Å². The van der Waals surface area contributed by atoms with Crippen LogP contribution < -0.4 is 5.32 Å². The van der Waals surface area contributed by atoms with Crippen LogP contribution in [-0.2, 0) is 0 Å². The van der Waals surface area contributed by atoms with E-state index in [0.717, 1.165) is 13.0 Å². The highest BCUT2D eigenvalue weighted by Crippen LogP contribution is 2.23. The molecule has 1 N–H and O–H groups in total. The van der Waals surface area contributed by atoms with Crippen molar-refractivity contribution in [2.24, 2.45) is 5.92 Å². The molecule has 19 heavy (non-hydrogen) atoms. The highest BCUT2D eigenvalue weighted by atomic mass is 32.1. The smallest absolute Gasteiger partial charge is 0.310 e. The Hall–Kier alpha value is -0.590. The van der Waals surface area contributed by atoms with E-state index in [1.807, 2.05) is 5.38 Å². The predicted molar refractivity (Wildman–Crippen MR) is 71.3 cm³/mol. The number of halogens is 3. The minimum Gasteiger partial charge on any atom is -0.310 e. The Morgan fingerprint density at radius 2 is 2.32 bits per heavy atom. The summed E-state index contributed by atoms with van der Waals surface area (Å²) in [5.74, 6) is 0.323. The Morgan fingerprint density at radius 3 is 2.95 bits per heavy atom. The monoisotopic (exact) mass is 292 g/mol. The van der Waals surface area contributed by atoms with Crippen LogP contribution in [0.1, 0.15) is 24.9 Å². The van der Waals surface area contributed by atoms with Gasteiger partial charge < -0.3 is 5.32 Å². The largest absolute Gasteiger partial charge is 0.401 e. The fourth-order valence-corrected chi connectivity index (χ4v) is 3.21. The van der Waals surface area contributed by atoms with Crippen molar-refractivity contribution in [1.29, 1.82) is 0 Å². The van der Waals surface area contributed by atoms with Gasteiger partial charge in [0.2, 0.25) is 0 Å². The van der Waals surface area contributed by atoms with Gasteiger partial charge in [0, 0.05) is 12.6 Å². The molecule has 1 aliphatic heterocycles. The number of hydrogen-bond donors (Lipinski definition) is 1. The number of hydrogen-bond acceptors (Lipinski definition) is 3. The molecule has 1 aromatic heterocycles. The van der Waals surface area contributed by atoms with E-state index in [1.54, 1.807) is 11.3 Å². The van der Waals surface area contributed by atoms with E-state index < -0.39 is 12.7 Å². The van der Waals surface area contributed by atoms with Crippen LogP contribution in [-0.4, -0.2) is 37.3 Å². The van der Waals surface area contributed by atoms with Crippen LogP contribution >= 0.6 is 11.3 Å². The van der Waals surface area contributed by atoms with Gasteiger partial charge in [-0.25, -0.2) is 0 Å². The van der Waals surface area contributed by atoms with Crippen molar-refractivity contribution < 1.29 is 13.2 Å². The molecular weight excluding hydrogens is 273 g/mol. The zero-order valence-electron chi connectivity index (χ0n) is 10.9. The summed E-state index contributed by atoms with van der Waals surface area (Å²) in [4.78, 5) is 1.50. The molecule has 1 aromatic rings. The summed E-state index contributed by atoms with van der Waals surface area (Å²) in [5, 5.41) is 7.54. The highest BCUT2D eigenvalue weighted by molar-refractivity contribution is 7.07. The average molecular weight is 292 g/mol. The van der Waals surface area contributed by atoms with Crippen molar-refractivity contribution in [3.63, 3.8) is 0 Å². The van der Waals surface area contributed by atoms with Crippen molar-refractivity contribution in [2.75, 3.05) is 26.2 Å². The number of alkyl halides is 3. The Balaban J connectivity index is 1.71. The van der Waals surface area contributed by atoms with Gasteiger partial charge in [-0.05, 0) is 54.7 Å². The standard InChI is InChI=1S/C13H19F3N2S/c1-10(12-3-5-19-8-12)17-6-11-2-4-18(7-11)9-13(14,15)16/h3,5,8,10-11,17H,2,4,6-7,9H2,1H3. The number of thiophene rings is 1. The molecule has 2 nitrogen and oxygen atoms in total. The minimum absolute atomic E-state index is 0.267. The summed E-state index contributed by atoms with van der Waals surface area (Å²) in [5.41, 5.74) is 1.25. The first kappa shape index (κ1) is 14.8. The van der Waals surface area contributed by atoms with E-state index in [9.17, 15) is 13.2 Å². The first-order valence-electron chi connectivity index (χ1n) is 6.48. The molecule has 0 spiro atoms. The lowest BCUT2D eigenvalue weighted by Gasteiger charge is -2.19. The maximum atomic E-state index is 12.3. The van der Waals surface area contributed by atoms with Crippen LogP contribution in [0.25, 0.3) is 0 Å². The number of rotatable bonds is 5. The van der Waals surface area contributed by atoms with E-state index in [2.05, 4.69) is 23.7 Å². The number of nitrogens with zero attached hydrogens (tertiary/aromatic N) is 1. The third kappa shape index (κ3) is 4.78. The molecule has 0 amide bonds. The van der Waals surface area contributed by atoms with Gasteiger partial charge in [0.25, 0.3) is 0 Å². The Morgan fingerprint density at radius 1 is 1.53 bits per heavy atom. The first-order valence-corrected chi connectivity index (χ1v) is 7.43. The van der Waals surface area contributed by atoms with Crippen LogP contribution in [0.3, 0.4) is 0 Å². The van der Waals surface area contributed by atoms with E-state index in [4.69, 9.17) is 0 Å². The second kappa shape index (κ2) is 6.24. The first-order chi connectivity index (χ1) is 8.94. The molecule has 2 rings (SSSR count). The summed E-state index contributed by atoms with van der Waals surface area (Å²) in [7, 11) is 0. The molecule has 1 saturated heterocycles. The molecule has 2 atom stereocenters. The average Bonchev–Trinajstić information content (AvgIpc) is 2.94. The number of likely N-dealkylation sites (tertiary alicyclic amines) is 1. The van der Waals surface area contributed by atoms with E-state index in [0.29, 0.717) is 19.0 Å². The predicted octanol–water partition coefficient (Wildman–Crippen LogP) is 3.28. The van der Waals surface area contributed by atoms with E-state index >= 15 is 0 Å². The zero-order chi connectivity index (χ0) is 13.9. The second-order valence-electron chi connectivity index (χ2n) is 5.19. The van der Waals surface area contributed by atoms with Crippen LogP contribution in [0.15, 0.2) is 16.8 Å². The molecule has 0 radical (unpaired) electrons. The third-order valence-electron chi connectivity index (χ3n) is 3.53. The highest BCUT2D eigenvalue weighted by Gasteiger charge is 2.34. The summed E-state index contributed by atoms with van der Waals surface area (Å²) in [6.45, 7) is 3.20. The van der Waals surface area contributed by atoms with Gasteiger partial charge in [0.15, 0.2) is 0 Å². The molecule has 108 valence electrons. The van der Waals surface area contributed by atoms with E-state index in [1.165, 1.54) is 10.5 Å². The quantitative estimate of drug-likeness (QED) is 0.896. The lowest BCUT2D eigenvalue weighted by molar-refractivity contribution is -0.143. The fourth-order valence-electron chi connectivity index (χ4n) is 2.46. The van der Waals surface area contributed by atoms with Gasteiger partial charge in [0.1, 0.15) is 0 Å². The minimum atomic E-state index is -4.08. The Bertz CT molecular complexity index is 378. The molecular formula is C13H19F3N2S. The Kier molecular flexibility index (Phi) is 4.86. The van der Waals surface area contributed by atoms with Crippen molar-refractivity contribution in [3.05, 3.63) is 22.4 Å². The molecule has 0 saturated carbocycles. The Labute approximate surface area is 115 Å². The second-order valence-corrected chi connectivity index (χ2v) is 5.97. The molecule has 2 unspecified atom stereocenters. The van der Waals surface area contributed by atoms with Gasteiger partial charge >= 0.3 is 6.18 Å². The van der Waals surface area contributed by atoms with Crippen molar-refractivity contribution in [3.8, 4) is 0 Å². The molecule has 1 fully saturated rings. The van der Waals surface area contributed by atoms with Crippen LogP contribution in [0.5, 0.6) is 0 Å². The summed E-state index contributed by atoms with van der Waals surface area (Å²) in [6.07, 6.45) is -3.23. The topological polar surface area (TPSA) is 15.3 Å². The third-order valence-corrected chi connectivity index (χ3v) is 4.23. The maximum Gasteiger partial charge on any atom is 0.401 e. The summed E-state index contributed by atoms with van der Waals surface area (Å²) >= 11 is 1.66. The SMILES string of the molecule is CC(NCC1CCN(CC(F)(F)F)C1)c1ccsc1. The van der Waals surface area contributed by atoms with Gasteiger partial charge in [0.05, 0.1) is 6.54 Å². The molecule has 6 heteroatoms. The van der Waals surface area contributed by atoms with Crippen LogP contribution in [0.4, 0.5) is 13.2 Å². The van der Waals surface area contributed by atoms with Crippen LogP contribution in [0.2, 0.25) is 0 Å². The zero-order valence-corrected chi connectivity index (χ0v) is 11.7. The molecule has 0 aliphatic carbocycles. The molecule has 0 bridgehead atoms. The van der Waals surface area contributed by atoms with Gasteiger partial charge in [-0.2, -0.15) is 24.5 Å². The summed E-state index contributed by atoms with van der Waals surface area (Å²) < 4.78 is 36.8. The van der Waals surface area contributed by atoms with Crippen molar-refractivity contribution >= 4 is 11.3 Å². The van der Waals surface area contributed by atoms with Crippen molar-refractivity contribution in [2.45, 2.75) is 25.6 Å².